The zero-order chi connectivity index (χ0) is 14.4. The Morgan fingerprint density at radius 2 is 2.16 bits per heavy atom. The molecule has 0 spiro atoms. The van der Waals surface area contributed by atoms with Gasteiger partial charge in [-0.2, -0.15) is 0 Å². The van der Waals surface area contributed by atoms with Gasteiger partial charge in [-0.15, -0.1) is 0 Å². The van der Waals surface area contributed by atoms with E-state index in [4.69, 9.17) is 10.5 Å². The molecular formula is C12H16BrN3O3. The molecule has 0 unspecified atom stereocenters. The van der Waals surface area contributed by atoms with Crippen molar-refractivity contribution < 1.29 is 14.3 Å². The second kappa shape index (κ2) is 6.98. The van der Waals surface area contributed by atoms with Crippen LogP contribution in [0.25, 0.3) is 0 Å². The molecule has 0 aliphatic carbocycles. The van der Waals surface area contributed by atoms with Crippen LogP contribution in [0.3, 0.4) is 0 Å². The van der Waals surface area contributed by atoms with Crippen molar-refractivity contribution in [3.63, 3.8) is 0 Å². The van der Waals surface area contributed by atoms with Crippen LogP contribution in [-0.4, -0.2) is 37.5 Å². The summed E-state index contributed by atoms with van der Waals surface area (Å²) in [5.41, 5.74) is 5.78. The quantitative estimate of drug-likeness (QED) is 0.847. The van der Waals surface area contributed by atoms with Crippen LogP contribution in [0.2, 0.25) is 0 Å². The van der Waals surface area contributed by atoms with Crippen LogP contribution in [0, 0.1) is 0 Å². The highest BCUT2D eigenvalue weighted by atomic mass is 79.9. The van der Waals surface area contributed by atoms with Gasteiger partial charge in [0.2, 0.25) is 5.91 Å². The molecule has 1 rings (SSSR count). The van der Waals surface area contributed by atoms with E-state index in [-0.39, 0.29) is 12.5 Å². The van der Waals surface area contributed by atoms with Gasteiger partial charge in [-0.25, -0.2) is 4.79 Å². The number of rotatable bonds is 5. The van der Waals surface area contributed by atoms with Gasteiger partial charge in [-0.3, -0.25) is 4.79 Å². The molecule has 0 aromatic heterocycles. The number of primary amides is 1. The zero-order valence-electron chi connectivity index (χ0n) is 10.8. The summed E-state index contributed by atoms with van der Waals surface area (Å²) in [4.78, 5) is 23.8. The Morgan fingerprint density at radius 3 is 2.74 bits per heavy atom. The number of methoxy groups -OCH3 is 1. The van der Waals surface area contributed by atoms with Gasteiger partial charge in [0.1, 0.15) is 5.75 Å². The predicted molar refractivity (Wildman–Crippen MR) is 74.8 cm³/mol. The van der Waals surface area contributed by atoms with E-state index < -0.39 is 6.03 Å². The molecular weight excluding hydrogens is 314 g/mol. The Hall–Kier alpha value is -1.76. The molecule has 1 aromatic carbocycles. The average Bonchev–Trinajstić information content (AvgIpc) is 2.36. The van der Waals surface area contributed by atoms with Crippen molar-refractivity contribution in [2.75, 3.05) is 20.7 Å². The van der Waals surface area contributed by atoms with Crippen LogP contribution in [-0.2, 0) is 11.3 Å². The van der Waals surface area contributed by atoms with Crippen molar-refractivity contribution in [2.24, 2.45) is 5.73 Å². The molecule has 1 aromatic rings. The molecule has 19 heavy (non-hydrogen) atoms. The Morgan fingerprint density at radius 1 is 1.47 bits per heavy atom. The van der Waals surface area contributed by atoms with Gasteiger partial charge < -0.3 is 20.7 Å². The smallest absolute Gasteiger partial charge is 0.312 e. The zero-order valence-corrected chi connectivity index (χ0v) is 12.4. The minimum absolute atomic E-state index is 0.123. The summed E-state index contributed by atoms with van der Waals surface area (Å²) in [6.07, 6.45) is 0. The van der Waals surface area contributed by atoms with Crippen LogP contribution >= 0.6 is 15.9 Å². The van der Waals surface area contributed by atoms with Gasteiger partial charge in [0.25, 0.3) is 0 Å². The minimum atomic E-state index is -0.721. The highest BCUT2D eigenvalue weighted by Crippen LogP contribution is 2.23. The summed E-state index contributed by atoms with van der Waals surface area (Å²) >= 11 is 3.37. The highest BCUT2D eigenvalue weighted by molar-refractivity contribution is 9.10. The number of hydrogen-bond acceptors (Lipinski definition) is 3. The molecule has 6 nitrogen and oxygen atoms in total. The SMILES string of the molecule is COc1ccc(Br)cc1CN(C)C(=O)CNC(N)=O. The number of benzene rings is 1. The van der Waals surface area contributed by atoms with Crippen molar-refractivity contribution in [3.8, 4) is 5.75 Å². The van der Waals surface area contributed by atoms with E-state index in [1.165, 1.54) is 4.90 Å². The molecule has 0 bridgehead atoms. The standard InChI is InChI=1S/C12H16BrN3O3/c1-16(11(17)6-15-12(14)18)7-8-5-9(13)3-4-10(8)19-2/h3-5H,6-7H2,1-2H3,(H3,14,15,18). The number of hydrogen-bond donors (Lipinski definition) is 2. The first-order valence-corrected chi connectivity index (χ1v) is 6.33. The maximum atomic E-state index is 11.7. The summed E-state index contributed by atoms with van der Waals surface area (Å²) in [5, 5.41) is 2.26. The molecule has 0 radical (unpaired) electrons. The Bertz CT molecular complexity index is 479. The fourth-order valence-electron chi connectivity index (χ4n) is 1.51. The number of nitrogens with two attached hydrogens (primary N) is 1. The van der Waals surface area contributed by atoms with Crippen LogP contribution in [0.5, 0.6) is 5.75 Å². The van der Waals surface area contributed by atoms with Crippen molar-refractivity contribution in [1.82, 2.24) is 10.2 Å². The lowest BCUT2D eigenvalue weighted by atomic mass is 10.2. The van der Waals surface area contributed by atoms with Crippen LogP contribution in [0.15, 0.2) is 22.7 Å². The van der Waals surface area contributed by atoms with Gasteiger partial charge in [0, 0.05) is 23.6 Å². The first-order chi connectivity index (χ1) is 8.93. The molecule has 0 saturated carbocycles. The van der Waals surface area contributed by atoms with Crippen LogP contribution in [0.1, 0.15) is 5.56 Å². The summed E-state index contributed by atoms with van der Waals surface area (Å²) in [7, 11) is 3.22. The summed E-state index contributed by atoms with van der Waals surface area (Å²) < 4.78 is 6.13. The molecule has 7 heteroatoms. The van der Waals surface area contributed by atoms with Gasteiger partial charge in [0.05, 0.1) is 13.7 Å². The number of nitrogens with one attached hydrogen (secondary N) is 1. The van der Waals surface area contributed by atoms with E-state index in [1.807, 2.05) is 18.2 Å². The third-order valence-electron chi connectivity index (χ3n) is 2.49. The van der Waals surface area contributed by atoms with E-state index in [2.05, 4.69) is 21.2 Å². The molecule has 0 atom stereocenters. The van der Waals surface area contributed by atoms with Gasteiger partial charge in [-0.05, 0) is 18.2 Å². The topological polar surface area (TPSA) is 84.7 Å². The Labute approximate surface area is 120 Å². The fourth-order valence-corrected chi connectivity index (χ4v) is 1.92. The first kappa shape index (κ1) is 15.3. The number of urea groups is 1. The van der Waals surface area contributed by atoms with E-state index in [1.54, 1.807) is 14.2 Å². The number of carbonyl (C=O) groups excluding carboxylic acids is 2. The Kier molecular flexibility index (Phi) is 5.62. The maximum absolute atomic E-state index is 11.7. The van der Waals surface area contributed by atoms with E-state index in [0.717, 1.165) is 10.0 Å². The second-order valence-corrected chi connectivity index (χ2v) is 4.84. The highest BCUT2D eigenvalue weighted by Gasteiger charge is 2.12. The molecule has 3 N–H and O–H groups in total. The number of nitrogens with zero attached hydrogens (tertiary/aromatic N) is 1. The van der Waals surface area contributed by atoms with Crippen LogP contribution in [0.4, 0.5) is 4.79 Å². The molecule has 0 heterocycles. The van der Waals surface area contributed by atoms with Gasteiger partial charge >= 0.3 is 6.03 Å². The number of halogens is 1. The average molecular weight is 330 g/mol. The number of carbonyl (C=O) groups is 2. The molecule has 0 fully saturated rings. The largest absolute Gasteiger partial charge is 0.496 e. The number of amides is 3. The van der Waals surface area contributed by atoms with E-state index in [9.17, 15) is 9.59 Å². The van der Waals surface area contributed by atoms with Crippen molar-refractivity contribution in [2.45, 2.75) is 6.54 Å². The third kappa shape index (κ3) is 4.78. The normalized spacial score (nSPS) is 9.84. The molecule has 3 amide bonds. The van der Waals surface area contributed by atoms with Gasteiger partial charge in [0.15, 0.2) is 0 Å². The predicted octanol–water partition coefficient (Wildman–Crippen LogP) is 1.08. The maximum Gasteiger partial charge on any atom is 0.312 e. The molecule has 0 saturated heterocycles. The monoisotopic (exact) mass is 329 g/mol. The lowest BCUT2D eigenvalue weighted by Gasteiger charge is -2.19. The number of likely N-dealkylation sites (N-methyl/N-ethyl adjacent to an activating group) is 1. The van der Waals surface area contributed by atoms with Crippen molar-refractivity contribution in [3.05, 3.63) is 28.2 Å². The summed E-state index contributed by atoms with van der Waals surface area (Å²) in [5.74, 6) is 0.464. The molecule has 0 aliphatic rings. The Balaban J connectivity index is 2.70. The van der Waals surface area contributed by atoms with E-state index in [0.29, 0.717) is 12.3 Å². The van der Waals surface area contributed by atoms with Crippen molar-refractivity contribution in [1.29, 1.82) is 0 Å². The number of ether oxygens (including phenoxy) is 1. The van der Waals surface area contributed by atoms with E-state index >= 15 is 0 Å². The van der Waals surface area contributed by atoms with Crippen molar-refractivity contribution >= 4 is 27.9 Å². The molecule has 104 valence electrons. The second-order valence-electron chi connectivity index (χ2n) is 3.92. The summed E-state index contributed by atoms with van der Waals surface area (Å²) in [6, 6.07) is 4.84. The minimum Gasteiger partial charge on any atom is -0.496 e. The lowest BCUT2D eigenvalue weighted by Crippen LogP contribution is -2.40. The van der Waals surface area contributed by atoms with Gasteiger partial charge in [-0.1, -0.05) is 15.9 Å². The third-order valence-corrected chi connectivity index (χ3v) is 2.98. The fraction of sp³-hybridized carbons (Fsp3) is 0.333. The molecule has 0 aliphatic heterocycles. The summed E-state index contributed by atoms with van der Waals surface area (Å²) in [6.45, 7) is 0.254. The van der Waals surface area contributed by atoms with Crippen LogP contribution < -0.4 is 15.8 Å². The lowest BCUT2D eigenvalue weighted by molar-refractivity contribution is -0.129. The first-order valence-electron chi connectivity index (χ1n) is 5.53.